The highest BCUT2D eigenvalue weighted by molar-refractivity contribution is 5.96. The van der Waals surface area contributed by atoms with Gasteiger partial charge < -0.3 is 30.5 Å². The minimum atomic E-state index is -1.42. The van der Waals surface area contributed by atoms with Gasteiger partial charge in [-0.1, -0.05) is 24.2 Å². The number of alkyl carbamates (subject to hydrolysis) is 1. The Morgan fingerprint density at radius 3 is 2.65 bits per heavy atom. The minimum Gasteiger partial charge on any atom is -0.429 e. The van der Waals surface area contributed by atoms with Crippen molar-refractivity contribution in [3.8, 4) is 6.07 Å². The van der Waals surface area contributed by atoms with Crippen LogP contribution in [-0.4, -0.2) is 60.2 Å². The van der Waals surface area contributed by atoms with E-state index in [4.69, 9.17) is 9.26 Å². The topological polar surface area (TPSA) is 175 Å². The molecule has 0 radical (unpaired) electrons. The maximum atomic E-state index is 13.6. The Bertz CT molecular complexity index is 1230. The van der Waals surface area contributed by atoms with E-state index in [9.17, 15) is 28.8 Å². The summed E-state index contributed by atoms with van der Waals surface area (Å²) in [6.45, 7) is 4.31. The zero-order valence-electron chi connectivity index (χ0n) is 22.4. The molecule has 0 bridgehead atoms. The Balaban J connectivity index is 1.84. The molecule has 2 heterocycles. The van der Waals surface area contributed by atoms with Crippen LogP contribution < -0.4 is 21.3 Å². The lowest BCUT2D eigenvalue weighted by atomic mass is 9.89. The molecule has 4 N–H and O–H groups in total. The normalized spacial score (nSPS) is 16.9. The number of amides is 4. The molecule has 12 nitrogen and oxygen atoms in total. The van der Waals surface area contributed by atoms with Crippen molar-refractivity contribution in [1.82, 2.24) is 26.4 Å². The molecule has 3 rings (SSSR count). The molecule has 4 atom stereocenters. The summed E-state index contributed by atoms with van der Waals surface area (Å²) >= 11 is 0. The summed E-state index contributed by atoms with van der Waals surface area (Å²) in [6.07, 6.45) is -0.373. The Morgan fingerprint density at radius 1 is 1.27 bits per heavy atom. The van der Waals surface area contributed by atoms with Gasteiger partial charge in [0.05, 0.1) is 6.04 Å². The van der Waals surface area contributed by atoms with Crippen molar-refractivity contribution in [2.24, 2.45) is 5.92 Å². The molecular weight excluding hydrogens is 523 g/mol. The van der Waals surface area contributed by atoms with Gasteiger partial charge in [-0.15, -0.1) is 0 Å². The highest BCUT2D eigenvalue weighted by Gasteiger charge is 2.35. The number of carbonyl (C=O) groups excluding carboxylic acids is 4. The molecule has 1 aliphatic heterocycles. The average Bonchev–Trinajstić information content (AvgIpc) is 3.38. The molecule has 0 aliphatic carbocycles. The number of aryl methyl sites for hydroxylation is 1. The standard InChI is InChI=1S/C27H33FN6O6/c1-3-10-31-27(38)39-23(15-29)20(14-18-5-4-11-30-24(18)35)32-25(36)21(13-17-6-8-19(28)9-7-17)33-26(37)22-12-16(2)40-34-22/h6-9,12,18,20-21,23H,3-5,10-11,13-14H2,1-2H3,(H,30,35)(H,31,38)(H,32,36)(H,33,37)/t18-,20-,21-,23+/m0/s1. The van der Waals surface area contributed by atoms with E-state index in [0.29, 0.717) is 43.7 Å². The molecule has 1 aliphatic rings. The number of ether oxygens (including phenoxy) is 1. The Kier molecular flexibility index (Phi) is 11.0. The van der Waals surface area contributed by atoms with Crippen LogP contribution >= 0.6 is 0 Å². The van der Waals surface area contributed by atoms with E-state index in [2.05, 4.69) is 26.4 Å². The average molecular weight is 557 g/mol. The molecule has 0 saturated carbocycles. The van der Waals surface area contributed by atoms with Gasteiger partial charge in [0.1, 0.15) is 23.7 Å². The first-order valence-corrected chi connectivity index (χ1v) is 13.1. The van der Waals surface area contributed by atoms with Crippen LogP contribution in [0.25, 0.3) is 0 Å². The van der Waals surface area contributed by atoms with Gasteiger partial charge in [-0.3, -0.25) is 14.4 Å². The van der Waals surface area contributed by atoms with E-state index in [1.807, 2.05) is 13.0 Å². The summed E-state index contributed by atoms with van der Waals surface area (Å²) in [6, 6.07) is 6.46. The van der Waals surface area contributed by atoms with Crippen molar-refractivity contribution < 1.29 is 32.8 Å². The van der Waals surface area contributed by atoms with Gasteiger partial charge in [-0.05, 0) is 50.3 Å². The monoisotopic (exact) mass is 556 g/mol. The third kappa shape index (κ3) is 8.79. The number of hydrogen-bond acceptors (Lipinski definition) is 8. The van der Waals surface area contributed by atoms with Gasteiger partial charge in [-0.25, -0.2) is 9.18 Å². The highest BCUT2D eigenvalue weighted by Crippen LogP contribution is 2.20. The number of hydrogen-bond donors (Lipinski definition) is 4. The number of benzene rings is 1. The lowest BCUT2D eigenvalue weighted by molar-refractivity contribution is -0.129. The number of nitrogens with zero attached hydrogens (tertiary/aromatic N) is 2. The summed E-state index contributed by atoms with van der Waals surface area (Å²) < 4.78 is 23.7. The fourth-order valence-electron chi connectivity index (χ4n) is 4.26. The first-order valence-electron chi connectivity index (χ1n) is 13.1. The Hall–Kier alpha value is -4.47. The molecule has 0 unspecified atom stereocenters. The zero-order chi connectivity index (χ0) is 29.1. The molecule has 40 heavy (non-hydrogen) atoms. The van der Waals surface area contributed by atoms with Crippen molar-refractivity contribution in [2.45, 2.75) is 64.1 Å². The second-order valence-corrected chi connectivity index (χ2v) is 9.54. The van der Waals surface area contributed by atoms with Gasteiger partial charge in [0.15, 0.2) is 5.69 Å². The number of piperidine rings is 1. The van der Waals surface area contributed by atoms with E-state index in [1.54, 1.807) is 6.92 Å². The summed E-state index contributed by atoms with van der Waals surface area (Å²) in [7, 11) is 0. The lowest BCUT2D eigenvalue weighted by Gasteiger charge is -2.30. The van der Waals surface area contributed by atoms with Crippen molar-refractivity contribution in [1.29, 1.82) is 5.26 Å². The first kappa shape index (κ1) is 30.1. The number of nitrogens with one attached hydrogen (secondary N) is 4. The van der Waals surface area contributed by atoms with Crippen molar-refractivity contribution in [3.63, 3.8) is 0 Å². The van der Waals surface area contributed by atoms with E-state index < -0.39 is 47.8 Å². The van der Waals surface area contributed by atoms with Crippen LogP contribution in [0.1, 0.15) is 54.4 Å². The molecule has 1 aromatic carbocycles. The fourth-order valence-corrected chi connectivity index (χ4v) is 4.26. The molecule has 1 aromatic heterocycles. The summed E-state index contributed by atoms with van der Waals surface area (Å²) in [5, 5.41) is 24.1. The summed E-state index contributed by atoms with van der Waals surface area (Å²) in [5.74, 6) is -2.21. The van der Waals surface area contributed by atoms with Crippen molar-refractivity contribution >= 4 is 23.8 Å². The predicted molar refractivity (Wildman–Crippen MR) is 139 cm³/mol. The maximum Gasteiger partial charge on any atom is 0.408 e. The number of carbonyl (C=O) groups is 4. The van der Waals surface area contributed by atoms with Gasteiger partial charge in [0, 0.05) is 31.5 Å². The zero-order valence-corrected chi connectivity index (χ0v) is 22.4. The lowest BCUT2D eigenvalue weighted by Crippen LogP contribution is -2.55. The fraction of sp³-hybridized carbons (Fsp3) is 0.481. The third-order valence-corrected chi connectivity index (χ3v) is 6.35. The number of halogens is 1. The van der Waals surface area contributed by atoms with E-state index >= 15 is 0 Å². The Labute approximate surface area is 231 Å². The van der Waals surface area contributed by atoms with Crippen LogP contribution in [0.3, 0.4) is 0 Å². The second-order valence-electron chi connectivity index (χ2n) is 9.54. The van der Waals surface area contributed by atoms with Crippen molar-refractivity contribution in [3.05, 3.63) is 53.2 Å². The second kappa shape index (κ2) is 14.6. The van der Waals surface area contributed by atoms with Crippen molar-refractivity contribution in [2.75, 3.05) is 13.1 Å². The highest BCUT2D eigenvalue weighted by atomic mass is 19.1. The number of rotatable bonds is 12. The minimum absolute atomic E-state index is 0.0244. The molecular formula is C27H33FN6O6. The molecule has 13 heteroatoms. The van der Waals surface area contributed by atoms with Gasteiger partial charge in [0.25, 0.3) is 5.91 Å². The van der Waals surface area contributed by atoms with Crippen LogP contribution in [0.15, 0.2) is 34.9 Å². The molecule has 0 spiro atoms. The molecule has 2 aromatic rings. The van der Waals surface area contributed by atoms with Crippen LogP contribution in [-0.2, 0) is 20.7 Å². The quantitative estimate of drug-likeness (QED) is 0.306. The predicted octanol–water partition coefficient (Wildman–Crippen LogP) is 1.89. The third-order valence-electron chi connectivity index (χ3n) is 6.35. The maximum absolute atomic E-state index is 13.6. The Morgan fingerprint density at radius 2 is 2.02 bits per heavy atom. The molecule has 1 fully saturated rings. The molecule has 1 saturated heterocycles. The van der Waals surface area contributed by atoms with Crippen LogP contribution in [0.5, 0.6) is 0 Å². The summed E-state index contributed by atoms with van der Waals surface area (Å²) in [5.41, 5.74) is 0.504. The molecule has 4 amide bonds. The number of aromatic nitrogens is 1. The van der Waals surface area contributed by atoms with E-state index in [-0.39, 0.29) is 24.4 Å². The number of nitriles is 1. The van der Waals surface area contributed by atoms with E-state index in [1.165, 1.54) is 30.3 Å². The molecule has 214 valence electrons. The van der Waals surface area contributed by atoms with Crippen LogP contribution in [0, 0.1) is 30.0 Å². The van der Waals surface area contributed by atoms with Gasteiger partial charge in [0.2, 0.25) is 17.9 Å². The smallest absolute Gasteiger partial charge is 0.408 e. The first-order chi connectivity index (χ1) is 19.2. The van der Waals surface area contributed by atoms with Crippen LogP contribution in [0.4, 0.5) is 9.18 Å². The summed E-state index contributed by atoms with van der Waals surface area (Å²) in [4.78, 5) is 51.1. The SMILES string of the molecule is CCCNC(=O)O[C@H](C#N)[C@H](C[C@@H]1CCCNC1=O)NC(=O)[C@H](Cc1ccc(F)cc1)NC(=O)c1cc(C)on1. The van der Waals surface area contributed by atoms with E-state index in [0.717, 1.165) is 0 Å². The largest absolute Gasteiger partial charge is 0.429 e. The van der Waals surface area contributed by atoms with Gasteiger partial charge >= 0.3 is 6.09 Å². The van der Waals surface area contributed by atoms with Crippen LogP contribution in [0.2, 0.25) is 0 Å². The van der Waals surface area contributed by atoms with Gasteiger partial charge in [-0.2, -0.15) is 5.26 Å².